The number of rotatable bonds is 48. The highest BCUT2D eigenvalue weighted by atomic mass is 31.2. The van der Waals surface area contributed by atoms with Gasteiger partial charge >= 0.3 is 19.8 Å². The number of hydrogen-bond donors (Lipinski definition) is 2. The number of ether oxygens (including phenoxy) is 2. The van der Waals surface area contributed by atoms with Gasteiger partial charge in [0.05, 0.1) is 13.2 Å². The van der Waals surface area contributed by atoms with Crippen molar-refractivity contribution in [2.24, 2.45) is 5.73 Å². The minimum absolute atomic E-state index is 0.0420. The molecule has 0 heterocycles. The second-order valence-corrected chi connectivity index (χ2v) is 18.5. The Hall–Kier alpha value is -3.59. The van der Waals surface area contributed by atoms with Gasteiger partial charge in [0.25, 0.3) is 0 Å². The molecule has 10 heteroatoms. The minimum Gasteiger partial charge on any atom is -0.462 e. The number of nitrogens with two attached hydrogens (primary N) is 1. The fourth-order valence-electron chi connectivity index (χ4n) is 6.68. The SMILES string of the molecule is CC/C=C\C/C=C\C/C=C\C/C=C\C/C=C\C/C=C\C/C=C\C/C=C\CCCCCCCCC(=O)OC(COC(=O)CCCCCCC/C=C\C/C=C\CCCCCC)COP(=O)(O)OCCN. The lowest BCUT2D eigenvalue weighted by atomic mass is 10.1. The van der Waals surface area contributed by atoms with Gasteiger partial charge in [-0.05, 0) is 109 Å². The van der Waals surface area contributed by atoms with Gasteiger partial charge in [0.1, 0.15) is 6.61 Å². The van der Waals surface area contributed by atoms with Crippen LogP contribution in [0.15, 0.2) is 122 Å². The van der Waals surface area contributed by atoms with Crippen LogP contribution in [0, 0.1) is 0 Å². The Kier molecular flexibility index (Phi) is 50.0. The Bertz CT molecular complexity index is 1520. The molecule has 0 radical (unpaired) electrons. The molecule has 9 nitrogen and oxygen atoms in total. The molecule has 0 aliphatic rings. The van der Waals surface area contributed by atoms with E-state index in [-0.39, 0.29) is 32.6 Å². The van der Waals surface area contributed by atoms with E-state index in [0.717, 1.165) is 128 Å². The number of allylic oxidation sites excluding steroid dienone is 20. The molecule has 0 fully saturated rings. The summed E-state index contributed by atoms with van der Waals surface area (Å²) >= 11 is 0. The zero-order valence-electron chi connectivity index (χ0n) is 42.8. The summed E-state index contributed by atoms with van der Waals surface area (Å²) in [5, 5.41) is 0. The van der Waals surface area contributed by atoms with Crippen molar-refractivity contribution in [1.29, 1.82) is 0 Å². The van der Waals surface area contributed by atoms with Crippen LogP contribution < -0.4 is 5.73 Å². The molecule has 0 aromatic rings. The maximum absolute atomic E-state index is 12.7. The first-order chi connectivity index (χ1) is 33.3. The van der Waals surface area contributed by atoms with Crippen LogP contribution in [0.5, 0.6) is 0 Å². The second kappa shape index (κ2) is 52.8. The van der Waals surface area contributed by atoms with E-state index in [4.69, 9.17) is 24.3 Å². The standard InChI is InChI=1S/C58H96NO8P/c1-3-5-7-9-11-13-15-17-19-21-22-23-24-25-26-27-28-29-30-31-32-33-34-35-37-39-41-43-45-47-49-51-58(61)67-56(55-66-68(62,63)65-53-52-59)54-64-57(60)50-48-46-44-42-40-38-36-20-18-16-14-12-10-8-6-4-2/h5,7,11,13-14,16-17,19-20,22-23,25-26,28-29,31-32,34-36,56H,3-4,6,8-10,12,15,18,21,24,27,30,33,37-55,59H2,1-2H3,(H,62,63)/b7-5-,13-11-,16-14-,19-17-,23-22-,26-25-,29-28-,32-31-,35-34-,36-20-. The first-order valence-corrected chi connectivity index (χ1v) is 28.0. The topological polar surface area (TPSA) is 134 Å². The fourth-order valence-corrected chi connectivity index (χ4v) is 7.44. The van der Waals surface area contributed by atoms with E-state index in [9.17, 15) is 19.0 Å². The van der Waals surface area contributed by atoms with Crippen molar-refractivity contribution in [1.82, 2.24) is 0 Å². The lowest BCUT2D eigenvalue weighted by Crippen LogP contribution is -2.29. The molecule has 0 bridgehead atoms. The molecule has 68 heavy (non-hydrogen) atoms. The molecule has 2 unspecified atom stereocenters. The van der Waals surface area contributed by atoms with Crippen molar-refractivity contribution in [2.45, 2.75) is 206 Å². The van der Waals surface area contributed by atoms with E-state index < -0.39 is 32.5 Å². The summed E-state index contributed by atoms with van der Waals surface area (Å²) in [4.78, 5) is 35.1. The van der Waals surface area contributed by atoms with Crippen LogP contribution in [0.2, 0.25) is 0 Å². The lowest BCUT2D eigenvalue weighted by molar-refractivity contribution is -0.161. The predicted octanol–water partition coefficient (Wildman–Crippen LogP) is 16.4. The largest absolute Gasteiger partial charge is 0.472 e. The number of phosphoric acid groups is 1. The summed E-state index contributed by atoms with van der Waals surface area (Å²) in [6.45, 7) is 3.55. The molecule has 0 aromatic heterocycles. The highest BCUT2D eigenvalue weighted by Crippen LogP contribution is 2.43. The molecule has 0 rings (SSSR count). The molecule has 0 aromatic carbocycles. The van der Waals surface area contributed by atoms with E-state index in [2.05, 4.69) is 135 Å². The zero-order valence-corrected chi connectivity index (χ0v) is 43.7. The smallest absolute Gasteiger partial charge is 0.462 e. The van der Waals surface area contributed by atoms with Gasteiger partial charge in [0, 0.05) is 19.4 Å². The molecule has 3 N–H and O–H groups in total. The second-order valence-electron chi connectivity index (χ2n) is 17.0. The third kappa shape index (κ3) is 51.8. The van der Waals surface area contributed by atoms with Gasteiger partial charge in [-0.3, -0.25) is 18.6 Å². The molecule has 0 spiro atoms. The van der Waals surface area contributed by atoms with Gasteiger partial charge in [-0.15, -0.1) is 0 Å². The molecule has 0 saturated carbocycles. The molecular formula is C58H96NO8P. The predicted molar refractivity (Wildman–Crippen MR) is 288 cm³/mol. The minimum atomic E-state index is -4.40. The number of unbranched alkanes of at least 4 members (excludes halogenated alkanes) is 15. The van der Waals surface area contributed by atoms with Crippen molar-refractivity contribution < 1.29 is 37.6 Å². The maximum Gasteiger partial charge on any atom is 0.472 e. The lowest BCUT2D eigenvalue weighted by Gasteiger charge is -2.19. The third-order valence-corrected chi connectivity index (χ3v) is 11.6. The van der Waals surface area contributed by atoms with Crippen LogP contribution >= 0.6 is 7.82 Å². The summed E-state index contributed by atoms with van der Waals surface area (Å²) in [7, 11) is -4.40. The van der Waals surface area contributed by atoms with E-state index in [1.165, 1.54) is 32.1 Å². The van der Waals surface area contributed by atoms with Gasteiger partial charge in [-0.1, -0.05) is 200 Å². The van der Waals surface area contributed by atoms with Gasteiger partial charge in [0.15, 0.2) is 6.10 Å². The quantitative estimate of drug-likeness (QED) is 0.0264. The van der Waals surface area contributed by atoms with Gasteiger partial charge < -0.3 is 20.1 Å². The van der Waals surface area contributed by atoms with Crippen molar-refractivity contribution in [3.05, 3.63) is 122 Å². The first-order valence-electron chi connectivity index (χ1n) is 26.5. The molecular weight excluding hydrogens is 870 g/mol. The number of hydrogen-bond acceptors (Lipinski definition) is 8. The zero-order chi connectivity index (χ0) is 49.5. The molecule has 0 amide bonds. The molecule has 0 aliphatic heterocycles. The van der Waals surface area contributed by atoms with Gasteiger partial charge in [0.2, 0.25) is 0 Å². The highest BCUT2D eigenvalue weighted by Gasteiger charge is 2.26. The summed E-state index contributed by atoms with van der Waals surface area (Å²) in [5.41, 5.74) is 5.37. The number of esters is 2. The van der Waals surface area contributed by atoms with Crippen LogP contribution in [0.25, 0.3) is 0 Å². The van der Waals surface area contributed by atoms with Crippen molar-refractivity contribution in [3.63, 3.8) is 0 Å². The van der Waals surface area contributed by atoms with E-state index in [1.807, 2.05) is 0 Å². The summed E-state index contributed by atoms with van der Waals surface area (Å²) in [6, 6.07) is 0. The first kappa shape index (κ1) is 64.4. The van der Waals surface area contributed by atoms with Crippen molar-refractivity contribution in [3.8, 4) is 0 Å². The van der Waals surface area contributed by atoms with E-state index >= 15 is 0 Å². The molecule has 0 aliphatic carbocycles. The van der Waals surface area contributed by atoms with Crippen molar-refractivity contribution >= 4 is 19.8 Å². The number of carbonyl (C=O) groups is 2. The molecule has 2 atom stereocenters. The number of carbonyl (C=O) groups excluding carboxylic acids is 2. The monoisotopic (exact) mass is 966 g/mol. The third-order valence-electron chi connectivity index (χ3n) is 10.6. The van der Waals surface area contributed by atoms with Crippen molar-refractivity contribution in [2.75, 3.05) is 26.4 Å². The average Bonchev–Trinajstić information content (AvgIpc) is 3.33. The molecule has 0 saturated heterocycles. The van der Waals surface area contributed by atoms with Crippen LogP contribution in [0.3, 0.4) is 0 Å². The fraction of sp³-hybridized carbons (Fsp3) is 0.621. The van der Waals surface area contributed by atoms with Crippen LogP contribution in [0.4, 0.5) is 0 Å². The Labute approximate surface area is 415 Å². The Morgan fingerprint density at radius 1 is 0.456 bits per heavy atom. The molecule has 386 valence electrons. The summed E-state index contributed by atoms with van der Waals surface area (Å²) in [5.74, 6) is -0.870. The van der Waals surface area contributed by atoms with Crippen LogP contribution in [-0.4, -0.2) is 49.3 Å². The summed E-state index contributed by atoms with van der Waals surface area (Å²) in [6.07, 6.45) is 72.4. The summed E-state index contributed by atoms with van der Waals surface area (Å²) < 4.78 is 32.9. The highest BCUT2D eigenvalue weighted by molar-refractivity contribution is 7.47. The Balaban J connectivity index is 4.12. The number of phosphoric ester groups is 1. The van der Waals surface area contributed by atoms with Gasteiger partial charge in [-0.25, -0.2) is 4.57 Å². The van der Waals surface area contributed by atoms with E-state index in [1.54, 1.807) is 0 Å². The Morgan fingerprint density at radius 3 is 1.21 bits per heavy atom. The maximum atomic E-state index is 12.7. The average molecular weight is 966 g/mol. The van der Waals surface area contributed by atoms with Crippen LogP contribution in [0.1, 0.15) is 200 Å². The van der Waals surface area contributed by atoms with Gasteiger partial charge in [-0.2, -0.15) is 0 Å². The van der Waals surface area contributed by atoms with Crippen LogP contribution in [-0.2, 0) is 32.7 Å². The Morgan fingerprint density at radius 2 is 0.809 bits per heavy atom. The normalized spacial score (nSPS) is 14.1. The van der Waals surface area contributed by atoms with E-state index in [0.29, 0.717) is 12.8 Å².